The molecule has 29 heavy (non-hydrogen) atoms. The SMILES string of the molecule is CC(F)(c1ccc2c(c1)CCC1NCCC21Cc1ccc(F)c(F)c1)C(F)(F)F. The molecule has 0 spiro atoms. The number of benzene rings is 2. The second kappa shape index (κ2) is 6.76. The third-order valence-electron chi connectivity index (χ3n) is 6.55. The van der Waals surface area contributed by atoms with Crippen molar-refractivity contribution in [3.05, 3.63) is 70.3 Å². The fourth-order valence-corrected chi connectivity index (χ4v) is 4.90. The molecule has 0 radical (unpaired) electrons. The largest absolute Gasteiger partial charge is 0.426 e. The van der Waals surface area contributed by atoms with Gasteiger partial charge in [0.1, 0.15) is 0 Å². The van der Waals surface area contributed by atoms with Crippen LogP contribution in [0.25, 0.3) is 0 Å². The van der Waals surface area contributed by atoms with E-state index in [1.54, 1.807) is 6.07 Å². The van der Waals surface area contributed by atoms with Crippen molar-refractivity contribution in [3.63, 3.8) is 0 Å². The first-order valence-electron chi connectivity index (χ1n) is 9.61. The van der Waals surface area contributed by atoms with Crippen LogP contribution in [0.1, 0.15) is 42.0 Å². The van der Waals surface area contributed by atoms with Crippen LogP contribution in [0.5, 0.6) is 0 Å². The molecule has 0 bridgehead atoms. The summed E-state index contributed by atoms with van der Waals surface area (Å²) in [6.45, 7) is 1.26. The number of fused-ring (bicyclic) bond motifs is 3. The molecule has 2 aliphatic rings. The highest BCUT2D eigenvalue weighted by atomic mass is 19.4. The lowest BCUT2D eigenvalue weighted by atomic mass is 9.63. The van der Waals surface area contributed by atoms with E-state index < -0.39 is 34.5 Å². The second-order valence-corrected chi connectivity index (χ2v) is 8.25. The van der Waals surface area contributed by atoms with Crippen LogP contribution in [-0.4, -0.2) is 18.8 Å². The van der Waals surface area contributed by atoms with E-state index in [4.69, 9.17) is 0 Å². The van der Waals surface area contributed by atoms with Crippen LogP contribution in [0.15, 0.2) is 36.4 Å². The fourth-order valence-electron chi connectivity index (χ4n) is 4.90. The smallest absolute Gasteiger partial charge is 0.313 e. The van der Waals surface area contributed by atoms with Crippen LogP contribution < -0.4 is 5.32 Å². The van der Waals surface area contributed by atoms with Gasteiger partial charge in [-0.05, 0) is 73.5 Å². The molecule has 0 aromatic heterocycles. The standard InChI is InChI=1S/C22H21F6N/c1-20(25,22(26,27)28)15-4-5-16-14(11-15)3-7-19-21(16,8-9-29-19)12-13-2-6-17(23)18(24)10-13/h2,4-6,10-11,19,29H,3,7-9,12H2,1H3. The van der Waals surface area contributed by atoms with Crippen molar-refractivity contribution in [1.29, 1.82) is 0 Å². The minimum Gasteiger partial charge on any atom is -0.313 e. The molecule has 1 fully saturated rings. The first kappa shape index (κ1) is 20.3. The third kappa shape index (κ3) is 3.23. The first-order chi connectivity index (χ1) is 13.5. The number of halogens is 6. The number of alkyl halides is 4. The van der Waals surface area contributed by atoms with Crippen molar-refractivity contribution < 1.29 is 26.3 Å². The molecule has 2 aromatic carbocycles. The summed E-state index contributed by atoms with van der Waals surface area (Å²) < 4.78 is 81.0. The topological polar surface area (TPSA) is 12.0 Å². The molecule has 156 valence electrons. The van der Waals surface area contributed by atoms with Crippen molar-refractivity contribution in [2.24, 2.45) is 0 Å². The predicted molar refractivity (Wildman–Crippen MR) is 97.4 cm³/mol. The van der Waals surface area contributed by atoms with Gasteiger partial charge in [0.05, 0.1) is 0 Å². The number of hydrogen-bond donors (Lipinski definition) is 1. The summed E-state index contributed by atoms with van der Waals surface area (Å²) in [5.74, 6) is -1.85. The Morgan fingerprint density at radius 3 is 2.48 bits per heavy atom. The Morgan fingerprint density at radius 1 is 1.03 bits per heavy atom. The second-order valence-electron chi connectivity index (χ2n) is 8.25. The molecule has 3 atom stereocenters. The van der Waals surface area contributed by atoms with Gasteiger partial charge in [0.2, 0.25) is 5.67 Å². The van der Waals surface area contributed by atoms with E-state index >= 15 is 0 Å². The number of nitrogens with one attached hydrogen (secondary N) is 1. The van der Waals surface area contributed by atoms with Gasteiger partial charge in [-0.15, -0.1) is 0 Å². The number of hydrogen-bond acceptors (Lipinski definition) is 1. The molecule has 7 heteroatoms. The molecule has 1 heterocycles. The zero-order valence-corrected chi connectivity index (χ0v) is 15.8. The quantitative estimate of drug-likeness (QED) is 0.656. The molecular weight excluding hydrogens is 392 g/mol. The van der Waals surface area contributed by atoms with Gasteiger partial charge < -0.3 is 5.32 Å². The summed E-state index contributed by atoms with van der Waals surface area (Å²) in [4.78, 5) is 0. The van der Waals surface area contributed by atoms with Crippen LogP contribution in [0.2, 0.25) is 0 Å². The maximum absolute atomic E-state index is 14.5. The van der Waals surface area contributed by atoms with Crippen LogP contribution in [0, 0.1) is 11.6 Å². The van der Waals surface area contributed by atoms with Crippen molar-refractivity contribution in [2.45, 2.75) is 55.9 Å². The van der Waals surface area contributed by atoms with Crippen molar-refractivity contribution in [2.75, 3.05) is 6.54 Å². The highest BCUT2D eigenvalue weighted by molar-refractivity contribution is 5.45. The van der Waals surface area contributed by atoms with E-state index in [9.17, 15) is 26.3 Å². The lowest BCUT2D eigenvalue weighted by Crippen LogP contribution is -2.46. The molecule has 0 amide bonds. The molecule has 1 N–H and O–H groups in total. The minimum absolute atomic E-state index is 0.0772. The van der Waals surface area contributed by atoms with Gasteiger partial charge in [-0.25, -0.2) is 13.2 Å². The summed E-state index contributed by atoms with van der Waals surface area (Å²) >= 11 is 0. The zero-order chi connectivity index (χ0) is 21.0. The lowest BCUT2D eigenvalue weighted by Gasteiger charge is -2.42. The predicted octanol–water partition coefficient (Wildman–Crippen LogP) is 5.50. The van der Waals surface area contributed by atoms with Gasteiger partial charge in [-0.3, -0.25) is 0 Å². The molecule has 1 saturated heterocycles. The van der Waals surface area contributed by atoms with Crippen molar-refractivity contribution >= 4 is 0 Å². The fraction of sp³-hybridized carbons (Fsp3) is 0.455. The van der Waals surface area contributed by atoms with Crippen LogP contribution in [-0.2, 0) is 23.9 Å². The molecular formula is C22H21F6N. The number of rotatable bonds is 3. The summed E-state index contributed by atoms with van der Waals surface area (Å²) in [6, 6.07) is 7.99. The van der Waals surface area contributed by atoms with Gasteiger partial charge in [0.15, 0.2) is 11.6 Å². The minimum atomic E-state index is -5.00. The zero-order valence-electron chi connectivity index (χ0n) is 15.8. The van der Waals surface area contributed by atoms with E-state index in [-0.39, 0.29) is 6.04 Å². The molecule has 1 aliphatic carbocycles. The average molecular weight is 413 g/mol. The van der Waals surface area contributed by atoms with E-state index in [1.807, 2.05) is 0 Å². The van der Waals surface area contributed by atoms with Crippen LogP contribution >= 0.6 is 0 Å². The highest BCUT2D eigenvalue weighted by Gasteiger charge is 2.54. The Morgan fingerprint density at radius 2 is 1.79 bits per heavy atom. The average Bonchev–Trinajstić information content (AvgIpc) is 3.07. The molecule has 3 unspecified atom stereocenters. The Bertz CT molecular complexity index is 935. The molecule has 1 aliphatic heterocycles. The maximum atomic E-state index is 14.5. The highest BCUT2D eigenvalue weighted by Crippen LogP contribution is 2.48. The molecule has 4 rings (SSSR count). The summed E-state index contributed by atoms with van der Waals surface area (Å²) in [5.41, 5.74) is -2.10. The van der Waals surface area contributed by atoms with Crippen LogP contribution in [0.4, 0.5) is 26.3 Å². The summed E-state index contributed by atoms with van der Waals surface area (Å²) in [5, 5.41) is 3.43. The van der Waals surface area contributed by atoms with Gasteiger partial charge in [0, 0.05) is 11.5 Å². The van der Waals surface area contributed by atoms with Gasteiger partial charge >= 0.3 is 6.18 Å². The van der Waals surface area contributed by atoms with E-state index in [0.717, 1.165) is 24.6 Å². The Balaban J connectivity index is 1.77. The maximum Gasteiger partial charge on any atom is 0.426 e. The normalized spacial score (nSPS) is 26.0. The number of aryl methyl sites for hydroxylation is 1. The molecule has 2 aromatic rings. The van der Waals surface area contributed by atoms with E-state index in [0.29, 0.717) is 37.3 Å². The van der Waals surface area contributed by atoms with E-state index in [1.165, 1.54) is 24.3 Å². The Kier molecular flexibility index (Phi) is 4.72. The molecule has 0 saturated carbocycles. The van der Waals surface area contributed by atoms with Crippen LogP contribution in [0.3, 0.4) is 0 Å². The summed E-state index contributed by atoms with van der Waals surface area (Å²) in [7, 11) is 0. The van der Waals surface area contributed by atoms with Gasteiger partial charge in [-0.1, -0.05) is 24.3 Å². The monoisotopic (exact) mass is 413 g/mol. The van der Waals surface area contributed by atoms with E-state index in [2.05, 4.69) is 5.32 Å². The van der Waals surface area contributed by atoms with Gasteiger partial charge in [0.25, 0.3) is 0 Å². The van der Waals surface area contributed by atoms with Crippen molar-refractivity contribution in [1.82, 2.24) is 5.32 Å². The van der Waals surface area contributed by atoms with Gasteiger partial charge in [-0.2, -0.15) is 13.2 Å². The Labute approximate surface area is 165 Å². The van der Waals surface area contributed by atoms with Crippen molar-refractivity contribution in [3.8, 4) is 0 Å². The lowest BCUT2D eigenvalue weighted by molar-refractivity contribution is -0.228. The third-order valence-corrected chi connectivity index (χ3v) is 6.55. The summed E-state index contributed by atoms with van der Waals surface area (Å²) in [6.07, 6.45) is -2.63. The Hall–Kier alpha value is -2.02. The first-order valence-corrected chi connectivity index (χ1v) is 9.61. The molecule has 1 nitrogen and oxygen atoms in total.